The van der Waals surface area contributed by atoms with Gasteiger partial charge in [0.25, 0.3) is 0 Å². The summed E-state index contributed by atoms with van der Waals surface area (Å²) in [5, 5.41) is 0. The summed E-state index contributed by atoms with van der Waals surface area (Å²) >= 11 is 0. The third-order valence-electron chi connectivity index (χ3n) is 12.9. The molecule has 0 bridgehead atoms. The van der Waals surface area contributed by atoms with Crippen LogP contribution in [0.2, 0.25) is 0 Å². The number of unbranched alkanes of at least 4 members (excludes halogenated alkanes) is 29. The van der Waals surface area contributed by atoms with Crippen molar-refractivity contribution in [2.24, 2.45) is 0 Å². The van der Waals surface area contributed by atoms with Gasteiger partial charge < -0.3 is 14.2 Å². The molecule has 0 N–H and O–H groups in total. The molecule has 1 unspecified atom stereocenters. The number of esters is 3. The lowest BCUT2D eigenvalue weighted by Gasteiger charge is -2.18. The van der Waals surface area contributed by atoms with E-state index in [1.807, 2.05) is 0 Å². The SMILES string of the molecule is CC/C=C\C/C=C\C/C=C\C/C=C\C/C=C\C/C=C\CCCCCCCCCCC(=O)OCC(COC(=O)CCCCCCCCCCCCCCC)OC(=O)CCCCCCC/C=C\CCCCCC. The summed E-state index contributed by atoms with van der Waals surface area (Å²) in [7, 11) is 0. The molecule has 0 aromatic heterocycles. The van der Waals surface area contributed by atoms with Gasteiger partial charge in [0, 0.05) is 19.3 Å². The van der Waals surface area contributed by atoms with E-state index in [2.05, 4.69) is 106 Å². The number of hydrogen-bond donors (Lipinski definition) is 0. The minimum absolute atomic E-state index is 0.0796. The lowest BCUT2D eigenvalue weighted by molar-refractivity contribution is -0.167. The Morgan fingerprint density at radius 1 is 0.296 bits per heavy atom. The second-order valence-electron chi connectivity index (χ2n) is 19.9. The molecule has 408 valence electrons. The molecule has 0 radical (unpaired) electrons. The van der Waals surface area contributed by atoms with E-state index in [9.17, 15) is 14.4 Å². The summed E-state index contributed by atoms with van der Waals surface area (Å²) in [6, 6.07) is 0. The highest BCUT2D eigenvalue weighted by Crippen LogP contribution is 2.16. The molecular formula is C65H112O6. The average molecular weight is 990 g/mol. The number of carbonyl (C=O) groups excluding carboxylic acids is 3. The molecular weight excluding hydrogens is 877 g/mol. The fourth-order valence-corrected chi connectivity index (χ4v) is 8.38. The van der Waals surface area contributed by atoms with E-state index in [0.29, 0.717) is 19.3 Å². The molecule has 0 amide bonds. The molecule has 0 aromatic carbocycles. The van der Waals surface area contributed by atoms with Crippen molar-refractivity contribution in [1.29, 1.82) is 0 Å². The van der Waals surface area contributed by atoms with Gasteiger partial charge >= 0.3 is 17.9 Å². The maximum Gasteiger partial charge on any atom is 0.306 e. The maximum atomic E-state index is 12.8. The molecule has 0 heterocycles. The molecule has 0 saturated carbocycles. The van der Waals surface area contributed by atoms with Crippen LogP contribution >= 0.6 is 0 Å². The van der Waals surface area contributed by atoms with Crippen LogP contribution in [-0.2, 0) is 28.6 Å². The lowest BCUT2D eigenvalue weighted by atomic mass is 10.0. The Balaban J connectivity index is 4.28. The second-order valence-corrected chi connectivity index (χ2v) is 19.9. The van der Waals surface area contributed by atoms with Crippen LogP contribution in [0.4, 0.5) is 0 Å². The fraction of sp³-hybridized carbons (Fsp3) is 0.738. The van der Waals surface area contributed by atoms with E-state index in [0.717, 1.165) is 116 Å². The Morgan fingerprint density at radius 2 is 0.549 bits per heavy atom. The number of hydrogen-bond acceptors (Lipinski definition) is 6. The van der Waals surface area contributed by atoms with Gasteiger partial charge in [-0.3, -0.25) is 14.4 Å². The quantitative estimate of drug-likeness (QED) is 0.0261. The summed E-state index contributed by atoms with van der Waals surface area (Å²) in [5.74, 6) is -0.889. The number of rotatable bonds is 54. The van der Waals surface area contributed by atoms with Gasteiger partial charge in [0.05, 0.1) is 0 Å². The smallest absolute Gasteiger partial charge is 0.306 e. The van der Waals surface area contributed by atoms with Crippen LogP contribution in [0.25, 0.3) is 0 Å². The first-order valence-corrected chi connectivity index (χ1v) is 30.1. The highest BCUT2D eigenvalue weighted by Gasteiger charge is 2.19. The van der Waals surface area contributed by atoms with Gasteiger partial charge in [0.1, 0.15) is 13.2 Å². The Kier molecular flexibility index (Phi) is 56.3. The van der Waals surface area contributed by atoms with E-state index in [1.54, 1.807) is 0 Å². The molecule has 1 atom stereocenters. The van der Waals surface area contributed by atoms with Crippen molar-refractivity contribution in [3.05, 3.63) is 85.1 Å². The topological polar surface area (TPSA) is 78.9 Å². The van der Waals surface area contributed by atoms with Crippen LogP contribution in [0.3, 0.4) is 0 Å². The van der Waals surface area contributed by atoms with Crippen molar-refractivity contribution < 1.29 is 28.6 Å². The zero-order valence-electron chi connectivity index (χ0n) is 46.7. The van der Waals surface area contributed by atoms with Crippen LogP contribution in [0.15, 0.2) is 85.1 Å². The van der Waals surface area contributed by atoms with Crippen molar-refractivity contribution >= 4 is 17.9 Å². The van der Waals surface area contributed by atoms with Crippen LogP contribution in [0, 0.1) is 0 Å². The molecule has 6 heteroatoms. The standard InChI is InChI=1S/C65H112O6/c1-4-7-10-13-16-19-22-25-26-27-28-29-30-31-32-33-34-35-36-37-38-41-43-46-49-52-55-58-64(67)70-61-62(71-65(68)59-56-53-50-47-44-40-24-21-18-15-12-9-6-3)60-69-63(66)57-54-51-48-45-42-39-23-20-17-14-11-8-5-2/h7,10,16,19,21,24-26,28-29,31-32,34-35,62H,4-6,8-9,11-15,17-18,20,22-23,27,30,33,36-61H2,1-3H3/b10-7-,19-16-,24-21-,26-25-,29-28-,32-31-,35-34-. The number of ether oxygens (including phenoxy) is 3. The molecule has 0 rings (SSSR count). The van der Waals surface area contributed by atoms with Gasteiger partial charge in [0.15, 0.2) is 6.10 Å². The minimum atomic E-state index is -0.782. The van der Waals surface area contributed by atoms with Gasteiger partial charge in [-0.05, 0) is 96.3 Å². The minimum Gasteiger partial charge on any atom is -0.462 e. The third kappa shape index (κ3) is 57.4. The van der Waals surface area contributed by atoms with E-state index >= 15 is 0 Å². The first-order valence-electron chi connectivity index (χ1n) is 30.1. The predicted molar refractivity (Wildman–Crippen MR) is 307 cm³/mol. The summed E-state index contributed by atoms with van der Waals surface area (Å²) in [6.45, 7) is 6.51. The van der Waals surface area contributed by atoms with Crippen molar-refractivity contribution in [2.75, 3.05) is 13.2 Å². The molecule has 0 aliphatic carbocycles. The Hall–Kier alpha value is -3.41. The molecule has 0 aliphatic rings. The molecule has 0 aliphatic heterocycles. The second kappa shape index (κ2) is 59.2. The van der Waals surface area contributed by atoms with E-state index in [-0.39, 0.29) is 31.1 Å². The van der Waals surface area contributed by atoms with Crippen LogP contribution in [-0.4, -0.2) is 37.2 Å². The van der Waals surface area contributed by atoms with E-state index < -0.39 is 6.10 Å². The van der Waals surface area contributed by atoms with E-state index in [4.69, 9.17) is 14.2 Å². The largest absolute Gasteiger partial charge is 0.462 e. The average Bonchev–Trinajstić information content (AvgIpc) is 3.37. The molecule has 0 aromatic rings. The Labute approximate surface area is 439 Å². The van der Waals surface area contributed by atoms with Gasteiger partial charge in [-0.25, -0.2) is 0 Å². The molecule has 6 nitrogen and oxygen atoms in total. The molecule has 71 heavy (non-hydrogen) atoms. The fourth-order valence-electron chi connectivity index (χ4n) is 8.38. The number of carbonyl (C=O) groups is 3. The molecule has 0 spiro atoms. The zero-order valence-corrected chi connectivity index (χ0v) is 46.7. The highest BCUT2D eigenvalue weighted by molar-refractivity contribution is 5.71. The van der Waals surface area contributed by atoms with Gasteiger partial charge in [-0.2, -0.15) is 0 Å². The molecule has 0 saturated heterocycles. The summed E-state index contributed by atoms with van der Waals surface area (Å²) < 4.78 is 16.9. The lowest BCUT2D eigenvalue weighted by Crippen LogP contribution is -2.30. The van der Waals surface area contributed by atoms with Crippen molar-refractivity contribution in [2.45, 2.75) is 297 Å². The summed E-state index contributed by atoms with van der Waals surface area (Å²) in [4.78, 5) is 38.1. The highest BCUT2D eigenvalue weighted by atomic mass is 16.6. The zero-order chi connectivity index (χ0) is 51.4. The monoisotopic (exact) mass is 989 g/mol. The van der Waals surface area contributed by atoms with Crippen molar-refractivity contribution in [3.63, 3.8) is 0 Å². The predicted octanol–water partition coefficient (Wildman–Crippen LogP) is 20.3. The van der Waals surface area contributed by atoms with Crippen LogP contribution < -0.4 is 0 Å². The molecule has 0 fully saturated rings. The first-order chi connectivity index (χ1) is 35.0. The van der Waals surface area contributed by atoms with E-state index in [1.165, 1.54) is 135 Å². The Bertz CT molecular complexity index is 1370. The number of allylic oxidation sites excluding steroid dienone is 14. The van der Waals surface area contributed by atoms with Crippen LogP contribution in [0.1, 0.15) is 290 Å². The summed E-state index contributed by atoms with van der Waals surface area (Å²) in [6.07, 6.45) is 77.2. The Morgan fingerprint density at radius 3 is 0.887 bits per heavy atom. The first kappa shape index (κ1) is 67.6. The van der Waals surface area contributed by atoms with Crippen molar-refractivity contribution in [3.8, 4) is 0 Å². The summed E-state index contributed by atoms with van der Waals surface area (Å²) in [5.41, 5.74) is 0. The van der Waals surface area contributed by atoms with Gasteiger partial charge in [0.2, 0.25) is 0 Å². The van der Waals surface area contributed by atoms with Gasteiger partial charge in [-0.15, -0.1) is 0 Å². The van der Waals surface area contributed by atoms with Crippen molar-refractivity contribution in [1.82, 2.24) is 0 Å². The van der Waals surface area contributed by atoms with Gasteiger partial charge in [-0.1, -0.05) is 260 Å². The van der Waals surface area contributed by atoms with Crippen LogP contribution in [0.5, 0.6) is 0 Å². The normalized spacial score (nSPS) is 12.7. The third-order valence-corrected chi connectivity index (χ3v) is 12.9. The maximum absolute atomic E-state index is 12.8.